The Hall–Kier alpha value is -1.26. The number of halogens is 1. The highest BCUT2D eigenvalue weighted by Gasteiger charge is 2.32. The zero-order chi connectivity index (χ0) is 12.4. The van der Waals surface area contributed by atoms with Crippen LogP contribution in [0.4, 0.5) is 5.69 Å². The van der Waals surface area contributed by atoms with Crippen molar-refractivity contribution < 1.29 is 4.79 Å². The van der Waals surface area contributed by atoms with Gasteiger partial charge in [-0.15, -0.1) is 0 Å². The van der Waals surface area contributed by atoms with Gasteiger partial charge in [0.25, 0.3) is 0 Å². The number of piperazine rings is 1. The number of anilines is 1. The molecule has 1 aliphatic rings. The summed E-state index contributed by atoms with van der Waals surface area (Å²) in [6.45, 7) is 1.75. The van der Waals surface area contributed by atoms with Gasteiger partial charge in [0.05, 0.1) is 10.7 Å². The number of para-hydroxylation sites is 1. The lowest BCUT2D eigenvalue weighted by Crippen LogP contribution is -2.58. The molecule has 2 rings (SSSR count). The van der Waals surface area contributed by atoms with Crippen LogP contribution in [0.2, 0.25) is 5.02 Å². The van der Waals surface area contributed by atoms with E-state index in [9.17, 15) is 4.79 Å². The average molecular weight is 254 g/mol. The second kappa shape index (κ2) is 4.94. The van der Waals surface area contributed by atoms with Crippen molar-refractivity contribution in [1.82, 2.24) is 4.90 Å². The number of nitrogens with two attached hydrogens (primary N) is 1. The number of likely N-dealkylation sites (N-methyl/N-ethyl adjacent to an activating group) is 1. The lowest BCUT2D eigenvalue weighted by molar-refractivity contribution is -0.132. The van der Waals surface area contributed by atoms with Gasteiger partial charge in [0.2, 0.25) is 5.91 Å². The Kier molecular flexibility index (Phi) is 3.54. The van der Waals surface area contributed by atoms with Crippen LogP contribution in [-0.2, 0) is 4.79 Å². The van der Waals surface area contributed by atoms with E-state index in [0.29, 0.717) is 18.1 Å². The molecular formula is C12H16ClN3O. The molecular weight excluding hydrogens is 238 g/mol. The lowest BCUT2D eigenvalue weighted by atomic mass is 10.1. The summed E-state index contributed by atoms with van der Waals surface area (Å²) in [7, 11) is 1.80. The number of hydrogen-bond donors (Lipinski definition) is 1. The molecule has 1 aromatic rings. The highest BCUT2D eigenvalue weighted by Crippen LogP contribution is 2.28. The standard InChI is InChI=1S/C12H16ClN3O/c1-15-6-7-16(11(8-14)12(15)17)10-5-3-2-4-9(10)13/h2-5,11H,6-8,14H2,1H3. The molecule has 1 aromatic carbocycles. The maximum absolute atomic E-state index is 12.0. The SMILES string of the molecule is CN1CCN(c2ccccc2Cl)C(CN)C1=O. The molecule has 1 aliphatic heterocycles. The number of carbonyl (C=O) groups excluding carboxylic acids is 1. The fourth-order valence-corrected chi connectivity index (χ4v) is 2.36. The van der Waals surface area contributed by atoms with E-state index in [-0.39, 0.29) is 11.9 Å². The van der Waals surface area contributed by atoms with Gasteiger partial charge in [-0.05, 0) is 12.1 Å². The average Bonchev–Trinajstić information content (AvgIpc) is 2.33. The summed E-state index contributed by atoms with van der Waals surface area (Å²) >= 11 is 6.16. The van der Waals surface area contributed by atoms with Crippen LogP contribution in [0.3, 0.4) is 0 Å². The summed E-state index contributed by atoms with van der Waals surface area (Å²) in [6, 6.07) is 7.23. The van der Waals surface area contributed by atoms with Crippen molar-refractivity contribution in [3.8, 4) is 0 Å². The van der Waals surface area contributed by atoms with Crippen molar-refractivity contribution in [2.45, 2.75) is 6.04 Å². The van der Waals surface area contributed by atoms with Gasteiger partial charge in [-0.1, -0.05) is 23.7 Å². The molecule has 0 saturated carbocycles. The minimum Gasteiger partial charge on any atom is -0.355 e. The molecule has 1 fully saturated rings. The fraction of sp³-hybridized carbons (Fsp3) is 0.417. The van der Waals surface area contributed by atoms with E-state index in [0.717, 1.165) is 12.2 Å². The third-order valence-corrected chi connectivity index (χ3v) is 3.42. The normalized spacial score (nSPS) is 20.9. The molecule has 1 atom stereocenters. The summed E-state index contributed by atoms with van der Waals surface area (Å²) in [5.41, 5.74) is 6.58. The zero-order valence-electron chi connectivity index (χ0n) is 9.77. The Labute approximate surface area is 106 Å². The van der Waals surface area contributed by atoms with Gasteiger partial charge in [-0.2, -0.15) is 0 Å². The molecule has 5 heteroatoms. The molecule has 0 bridgehead atoms. The van der Waals surface area contributed by atoms with Crippen LogP contribution in [-0.4, -0.2) is 43.5 Å². The van der Waals surface area contributed by atoms with Crippen LogP contribution >= 0.6 is 11.6 Å². The molecule has 2 N–H and O–H groups in total. The summed E-state index contributed by atoms with van der Waals surface area (Å²) in [4.78, 5) is 15.7. The van der Waals surface area contributed by atoms with E-state index >= 15 is 0 Å². The summed E-state index contributed by atoms with van der Waals surface area (Å²) in [5, 5.41) is 0.656. The molecule has 1 saturated heterocycles. The molecule has 17 heavy (non-hydrogen) atoms. The van der Waals surface area contributed by atoms with Gasteiger partial charge in [-0.3, -0.25) is 4.79 Å². The number of rotatable bonds is 2. The van der Waals surface area contributed by atoms with Crippen molar-refractivity contribution in [3.05, 3.63) is 29.3 Å². The van der Waals surface area contributed by atoms with E-state index in [2.05, 4.69) is 0 Å². The number of amides is 1. The van der Waals surface area contributed by atoms with E-state index in [1.165, 1.54) is 0 Å². The molecule has 92 valence electrons. The van der Waals surface area contributed by atoms with E-state index in [4.69, 9.17) is 17.3 Å². The van der Waals surface area contributed by atoms with E-state index in [1.54, 1.807) is 11.9 Å². The van der Waals surface area contributed by atoms with E-state index in [1.807, 2.05) is 29.2 Å². The Bertz CT molecular complexity index is 424. The minimum absolute atomic E-state index is 0.0543. The summed E-state index contributed by atoms with van der Waals surface area (Å²) < 4.78 is 0. The first-order valence-corrected chi connectivity index (χ1v) is 5.99. The topological polar surface area (TPSA) is 49.6 Å². The number of hydrogen-bond acceptors (Lipinski definition) is 3. The Morgan fingerprint density at radius 3 is 2.76 bits per heavy atom. The predicted octanol–water partition coefficient (Wildman–Crippen LogP) is 0.946. The maximum atomic E-state index is 12.0. The third kappa shape index (κ3) is 2.23. The van der Waals surface area contributed by atoms with Gasteiger partial charge in [0.15, 0.2) is 0 Å². The van der Waals surface area contributed by atoms with Crippen molar-refractivity contribution in [2.75, 3.05) is 31.6 Å². The van der Waals surface area contributed by atoms with Gasteiger partial charge >= 0.3 is 0 Å². The highest BCUT2D eigenvalue weighted by molar-refractivity contribution is 6.33. The smallest absolute Gasteiger partial charge is 0.246 e. The van der Waals surface area contributed by atoms with Crippen LogP contribution in [0.1, 0.15) is 0 Å². The number of carbonyl (C=O) groups is 1. The fourth-order valence-electron chi connectivity index (χ4n) is 2.11. The predicted molar refractivity (Wildman–Crippen MR) is 69.3 cm³/mol. The molecule has 1 heterocycles. The highest BCUT2D eigenvalue weighted by atomic mass is 35.5. The van der Waals surface area contributed by atoms with Crippen LogP contribution in [0.25, 0.3) is 0 Å². The van der Waals surface area contributed by atoms with Crippen LogP contribution in [0, 0.1) is 0 Å². The molecule has 1 amide bonds. The Morgan fingerprint density at radius 2 is 2.12 bits per heavy atom. The quantitative estimate of drug-likeness (QED) is 0.854. The van der Waals surface area contributed by atoms with E-state index < -0.39 is 0 Å². The first kappa shape index (κ1) is 12.2. The van der Waals surface area contributed by atoms with Crippen molar-refractivity contribution >= 4 is 23.2 Å². The van der Waals surface area contributed by atoms with Crippen molar-refractivity contribution in [3.63, 3.8) is 0 Å². The van der Waals surface area contributed by atoms with Gasteiger partial charge in [-0.25, -0.2) is 0 Å². The van der Waals surface area contributed by atoms with Crippen molar-refractivity contribution in [2.24, 2.45) is 5.73 Å². The minimum atomic E-state index is -0.311. The largest absolute Gasteiger partial charge is 0.355 e. The zero-order valence-corrected chi connectivity index (χ0v) is 10.5. The molecule has 4 nitrogen and oxygen atoms in total. The molecule has 0 aliphatic carbocycles. The first-order valence-electron chi connectivity index (χ1n) is 5.61. The van der Waals surface area contributed by atoms with Gasteiger partial charge in [0.1, 0.15) is 6.04 Å². The van der Waals surface area contributed by atoms with Crippen LogP contribution in [0.15, 0.2) is 24.3 Å². The lowest BCUT2D eigenvalue weighted by Gasteiger charge is -2.40. The summed E-state index contributed by atoms with van der Waals surface area (Å²) in [6.07, 6.45) is 0. The van der Waals surface area contributed by atoms with Crippen LogP contribution < -0.4 is 10.6 Å². The Balaban J connectivity index is 2.32. The van der Waals surface area contributed by atoms with Crippen molar-refractivity contribution in [1.29, 1.82) is 0 Å². The second-order valence-corrected chi connectivity index (χ2v) is 4.56. The molecule has 1 unspecified atom stereocenters. The molecule has 0 radical (unpaired) electrons. The molecule has 0 spiro atoms. The van der Waals surface area contributed by atoms with Gasteiger partial charge in [0, 0.05) is 26.7 Å². The third-order valence-electron chi connectivity index (χ3n) is 3.10. The maximum Gasteiger partial charge on any atom is 0.246 e. The summed E-state index contributed by atoms with van der Waals surface area (Å²) in [5.74, 6) is 0.0543. The van der Waals surface area contributed by atoms with Gasteiger partial charge < -0.3 is 15.5 Å². The number of benzene rings is 1. The monoisotopic (exact) mass is 253 g/mol. The Morgan fingerprint density at radius 1 is 1.41 bits per heavy atom. The number of nitrogens with zero attached hydrogens (tertiary/aromatic N) is 2. The molecule has 0 aromatic heterocycles. The first-order chi connectivity index (χ1) is 8.15. The second-order valence-electron chi connectivity index (χ2n) is 4.16. The van der Waals surface area contributed by atoms with Crippen LogP contribution in [0.5, 0.6) is 0 Å².